The van der Waals surface area contributed by atoms with Gasteiger partial charge in [-0.3, -0.25) is 14.4 Å². The van der Waals surface area contributed by atoms with Crippen LogP contribution in [0.5, 0.6) is 0 Å². The number of carboxylic acids is 1. The molecule has 2 N–H and O–H groups in total. The minimum absolute atomic E-state index is 0.0709. The number of amides is 2. The molecule has 23 heavy (non-hydrogen) atoms. The second-order valence-corrected chi connectivity index (χ2v) is 6.09. The van der Waals surface area contributed by atoms with Crippen LogP contribution in [0, 0.1) is 26.7 Å². The molecule has 1 heterocycles. The van der Waals surface area contributed by atoms with Gasteiger partial charge in [-0.2, -0.15) is 0 Å². The van der Waals surface area contributed by atoms with Crippen LogP contribution in [0.3, 0.4) is 0 Å². The summed E-state index contributed by atoms with van der Waals surface area (Å²) in [5, 5.41) is 11.2. The third-order valence-electron chi connectivity index (χ3n) is 4.04. The number of aliphatic carboxylic acids is 1. The molecule has 0 bridgehead atoms. The fraction of sp³-hybridized carbons (Fsp3) is 0.471. The molecule has 1 aliphatic rings. The minimum Gasteiger partial charge on any atom is -0.481 e. The van der Waals surface area contributed by atoms with Gasteiger partial charge in [-0.15, -0.1) is 0 Å². The fourth-order valence-corrected chi connectivity index (χ4v) is 3.13. The van der Waals surface area contributed by atoms with E-state index in [1.54, 1.807) is 4.90 Å². The van der Waals surface area contributed by atoms with E-state index in [4.69, 9.17) is 5.11 Å². The van der Waals surface area contributed by atoms with Crippen molar-refractivity contribution in [2.45, 2.75) is 33.6 Å². The molecule has 0 radical (unpaired) electrons. The number of nitrogens with zero attached hydrogens (tertiary/aromatic N) is 1. The zero-order valence-corrected chi connectivity index (χ0v) is 13.7. The minimum atomic E-state index is -0.958. The van der Waals surface area contributed by atoms with E-state index in [2.05, 4.69) is 5.32 Å². The van der Waals surface area contributed by atoms with Crippen molar-refractivity contribution in [2.24, 2.45) is 5.92 Å². The summed E-state index contributed by atoms with van der Waals surface area (Å²) in [6.07, 6.45) is 0.0396. The number of hydrogen-bond donors (Lipinski definition) is 2. The molecule has 1 saturated heterocycles. The van der Waals surface area contributed by atoms with Gasteiger partial charge in [0.25, 0.3) is 0 Å². The first-order chi connectivity index (χ1) is 10.8. The summed E-state index contributed by atoms with van der Waals surface area (Å²) in [6, 6.07) is 4.05. The molecular formula is C17H22N2O4. The predicted molar refractivity (Wildman–Crippen MR) is 86.4 cm³/mol. The average molecular weight is 318 g/mol. The van der Waals surface area contributed by atoms with Gasteiger partial charge in [0, 0.05) is 25.2 Å². The van der Waals surface area contributed by atoms with Gasteiger partial charge < -0.3 is 15.3 Å². The Morgan fingerprint density at radius 3 is 2.43 bits per heavy atom. The summed E-state index contributed by atoms with van der Waals surface area (Å²) in [6.45, 7) is 6.35. The molecule has 0 unspecified atom stereocenters. The van der Waals surface area contributed by atoms with Gasteiger partial charge in [-0.25, -0.2) is 0 Å². The van der Waals surface area contributed by atoms with E-state index in [9.17, 15) is 14.4 Å². The summed E-state index contributed by atoms with van der Waals surface area (Å²) in [7, 11) is 0. The van der Waals surface area contributed by atoms with Gasteiger partial charge in [0.1, 0.15) is 0 Å². The van der Waals surface area contributed by atoms with Crippen molar-refractivity contribution in [1.29, 1.82) is 0 Å². The Labute approximate surface area is 135 Å². The lowest BCUT2D eigenvalue weighted by Gasteiger charge is -2.22. The fourth-order valence-electron chi connectivity index (χ4n) is 3.13. The number of carbonyl (C=O) groups is 3. The zero-order valence-electron chi connectivity index (χ0n) is 13.7. The number of carbonyl (C=O) groups excluding carboxylic acids is 2. The van der Waals surface area contributed by atoms with Gasteiger partial charge in [-0.05, 0) is 31.9 Å². The number of benzene rings is 1. The van der Waals surface area contributed by atoms with Crippen molar-refractivity contribution in [3.63, 3.8) is 0 Å². The highest BCUT2D eigenvalue weighted by Crippen LogP contribution is 2.31. The monoisotopic (exact) mass is 318 g/mol. The topological polar surface area (TPSA) is 86.7 Å². The molecule has 6 nitrogen and oxygen atoms in total. The van der Waals surface area contributed by atoms with E-state index < -0.39 is 11.9 Å². The lowest BCUT2D eigenvalue weighted by atomic mass is 10.0. The van der Waals surface area contributed by atoms with Crippen LogP contribution in [0.4, 0.5) is 5.69 Å². The third-order valence-corrected chi connectivity index (χ3v) is 4.04. The van der Waals surface area contributed by atoms with Gasteiger partial charge in [-0.1, -0.05) is 17.7 Å². The highest BCUT2D eigenvalue weighted by molar-refractivity contribution is 6.01. The lowest BCUT2D eigenvalue weighted by molar-refractivity contribution is -0.137. The summed E-state index contributed by atoms with van der Waals surface area (Å²) in [5.74, 6) is -1.72. The van der Waals surface area contributed by atoms with Crippen molar-refractivity contribution in [2.75, 3.05) is 18.0 Å². The molecule has 1 atom stereocenters. The van der Waals surface area contributed by atoms with Gasteiger partial charge in [0.15, 0.2) is 0 Å². The maximum absolute atomic E-state index is 12.3. The summed E-state index contributed by atoms with van der Waals surface area (Å²) in [4.78, 5) is 36.6. The average Bonchev–Trinajstić information content (AvgIpc) is 2.79. The summed E-state index contributed by atoms with van der Waals surface area (Å²) in [5.41, 5.74) is 4.05. The first-order valence-corrected chi connectivity index (χ1v) is 7.67. The second-order valence-electron chi connectivity index (χ2n) is 6.09. The Hall–Kier alpha value is -2.37. The van der Waals surface area contributed by atoms with Crippen molar-refractivity contribution >= 4 is 23.5 Å². The van der Waals surface area contributed by atoms with Crippen LogP contribution in [0.1, 0.15) is 29.5 Å². The van der Waals surface area contributed by atoms with E-state index >= 15 is 0 Å². The van der Waals surface area contributed by atoms with E-state index in [0.29, 0.717) is 6.54 Å². The Morgan fingerprint density at radius 1 is 1.26 bits per heavy atom. The molecule has 1 aromatic carbocycles. The molecule has 0 aromatic heterocycles. The zero-order chi connectivity index (χ0) is 17.1. The van der Waals surface area contributed by atoms with Crippen molar-refractivity contribution in [1.82, 2.24) is 5.32 Å². The van der Waals surface area contributed by atoms with Crippen molar-refractivity contribution < 1.29 is 19.5 Å². The quantitative estimate of drug-likeness (QED) is 0.862. The van der Waals surface area contributed by atoms with Crippen LogP contribution in [0.15, 0.2) is 12.1 Å². The maximum atomic E-state index is 12.3. The van der Waals surface area contributed by atoms with Gasteiger partial charge in [0.2, 0.25) is 11.8 Å². The number of rotatable bonds is 5. The SMILES string of the molecule is Cc1cc(C)c(N2C[C@H](C(=O)NCCC(=O)O)CC2=O)c(C)c1. The summed E-state index contributed by atoms with van der Waals surface area (Å²) < 4.78 is 0. The van der Waals surface area contributed by atoms with Crippen LogP contribution in [0.2, 0.25) is 0 Å². The standard InChI is InChI=1S/C17H22N2O4/c1-10-6-11(2)16(12(3)7-10)19-9-13(8-14(19)20)17(23)18-5-4-15(21)22/h6-7,13H,4-5,8-9H2,1-3H3,(H,18,23)(H,21,22)/t13-/m1/s1. The number of nitrogens with one attached hydrogen (secondary N) is 1. The molecule has 0 saturated carbocycles. The second kappa shape index (κ2) is 6.81. The van der Waals surface area contributed by atoms with Crippen molar-refractivity contribution in [3.8, 4) is 0 Å². The number of anilines is 1. The molecule has 0 aliphatic carbocycles. The van der Waals surface area contributed by atoms with Gasteiger partial charge in [0.05, 0.1) is 12.3 Å². The Bertz CT molecular complexity index is 631. The van der Waals surface area contributed by atoms with Crippen LogP contribution in [-0.2, 0) is 14.4 Å². The normalized spacial score (nSPS) is 17.4. The highest BCUT2D eigenvalue weighted by Gasteiger charge is 2.36. The van der Waals surface area contributed by atoms with Crippen LogP contribution in [0.25, 0.3) is 0 Å². The molecule has 1 fully saturated rings. The van der Waals surface area contributed by atoms with E-state index in [1.807, 2.05) is 32.9 Å². The third kappa shape index (κ3) is 3.88. The molecule has 124 valence electrons. The molecule has 2 rings (SSSR count). The Balaban J connectivity index is 2.08. The smallest absolute Gasteiger partial charge is 0.305 e. The molecule has 2 amide bonds. The molecule has 1 aliphatic heterocycles. The largest absolute Gasteiger partial charge is 0.481 e. The van der Waals surface area contributed by atoms with Crippen LogP contribution in [-0.4, -0.2) is 36.0 Å². The number of aryl methyl sites for hydroxylation is 3. The van der Waals surface area contributed by atoms with Crippen LogP contribution >= 0.6 is 0 Å². The summed E-state index contributed by atoms with van der Waals surface area (Å²) >= 11 is 0. The Morgan fingerprint density at radius 2 is 1.87 bits per heavy atom. The lowest BCUT2D eigenvalue weighted by Crippen LogP contribution is -2.34. The van der Waals surface area contributed by atoms with E-state index in [-0.39, 0.29) is 31.2 Å². The first-order valence-electron chi connectivity index (χ1n) is 7.67. The molecule has 1 aromatic rings. The van der Waals surface area contributed by atoms with Crippen molar-refractivity contribution in [3.05, 3.63) is 28.8 Å². The molecule has 0 spiro atoms. The Kier molecular flexibility index (Phi) is 5.03. The number of hydrogen-bond acceptors (Lipinski definition) is 3. The maximum Gasteiger partial charge on any atom is 0.305 e. The first kappa shape index (κ1) is 17.0. The van der Waals surface area contributed by atoms with E-state index in [0.717, 1.165) is 22.4 Å². The van der Waals surface area contributed by atoms with E-state index in [1.165, 1.54) is 0 Å². The van der Waals surface area contributed by atoms with Crippen LogP contribution < -0.4 is 10.2 Å². The predicted octanol–water partition coefficient (Wildman–Crippen LogP) is 1.56. The number of carboxylic acid groups (broad SMARTS) is 1. The molecular weight excluding hydrogens is 296 g/mol. The highest BCUT2D eigenvalue weighted by atomic mass is 16.4. The molecule has 6 heteroatoms. The van der Waals surface area contributed by atoms with Gasteiger partial charge >= 0.3 is 5.97 Å².